The van der Waals surface area contributed by atoms with Crippen LogP contribution >= 0.6 is 0 Å². The van der Waals surface area contributed by atoms with Crippen LogP contribution in [0.2, 0.25) is 0 Å². The van der Waals surface area contributed by atoms with Crippen molar-refractivity contribution in [2.24, 2.45) is 0 Å². The average Bonchev–Trinajstić information content (AvgIpc) is 2.55. The van der Waals surface area contributed by atoms with Gasteiger partial charge in [-0.3, -0.25) is 0 Å². The Morgan fingerprint density at radius 1 is 0.810 bits per heavy atom. The largest absolute Gasteiger partial charge is 0.465 e. The molecule has 0 aromatic heterocycles. The summed E-state index contributed by atoms with van der Waals surface area (Å²) in [4.78, 5) is 10.8. The van der Waals surface area contributed by atoms with Crippen molar-refractivity contribution in [3.05, 3.63) is 35.9 Å². The number of hydrogen-bond acceptors (Lipinski definition) is 2. The van der Waals surface area contributed by atoms with Crippen LogP contribution in [0.4, 0.5) is 0 Å². The smallest absolute Gasteiger partial charge is 0.337 e. The number of methoxy groups -OCH3 is 1. The van der Waals surface area contributed by atoms with Gasteiger partial charge < -0.3 is 4.74 Å². The lowest BCUT2D eigenvalue weighted by atomic mass is 10.1. The SMILES string of the molecule is CCCCCCCCCCC.COC(=O)c1ccccc1. The highest BCUT2D eigenvalue weighted by molar-refractivity contribution is 5.89. The molecule has 0 bridgehead atoms. The molecule has 0 radical (unpaired) electrons. The molecule has 0 N–H and O–H groups in total. The molecule has 0 atom stereocenters. The van der Waals surface area contributed by atoms with Crippen molar-refractivity contribution < 1.29 is 9.53 Å². The fourth-order valence-corrected chi connectivity index (χ4v) is 2.08. The van der Waals surface area contributed by atoms with Crippen LogP contribution in [0.3, 0.4) is 0 Å². The first-order valence-corrected chi connectivity index (χ1v) is 8.39. The molecular formula is C19H32O2. The van der Waals surface area contributed by atoms with E-state index < -0.39 is 0 Å². The van der Waals surface area contributed by atoms with Crippen LogP contribution < -0.4 is 0 Å². The summed E-state index contributed by atoms with van der Waals surface area (Å²) in [6, 6.07) is 8.88. The molecular weight excluding hydrogens is 260 g/mol. The van der Waals surface area contributed by atoms with E-state index in [0.717, 1.165) is 0 Å². The topological polar surface area (TPSA) is 26.3 Å². The van der Waals surface area contributed by atoms with Gasteiger partial charge in [0.25, 0.3) is 0 Å². The van der Waals surface area contributed by atoms with Crippen molar-refractivity contribution in [1.29, 1.82) is 0 Å². The van der Waals surface area contributed by atoms with Gasteiger partial charge in [-0.25, -0.2) is 4.79 Å². The molecule has 0 heterocycles. The number of benzene rings is 1. The summed E-state index contributed by atoms with van der Waals surface area (Å²) in [5, 5.41) is 0. The minimum absolute atomic E-state index is 0.291. The Kier molecular flexibility index (Phi) is 14.1. The van der Waals surface area contributed by atoms with E-state index >= 15 is 0 Å². The number of ether oxygens (including phenoxy) is 1. The second kappa shape index (κ2) is 15.1. The predicted molar refractivity (Wildman–Crippen MR) is 90.7 cm³/mol. The molecule has 0 amide bonds. The number of carbonyl (C=O) groups excluding carboxylic acids is 1. The molecule has 21 heavy (non-hydrogen) atoms. The Bertz CT molecular complexity index is 325. The van der Waals surface area contributed by atoms with Gasteiger partial charge in [-0.15, -0.1) is 0 Å². The maximum atomic E-state index is 10.8. The van der Waals surface area contributed by atoms with E-state index in [2.05, 4.69) is 18.6 Å². The van der Waals surface area contributed by atoms with Crippen LogP contribution in [0.25, 0.3) is 0 Å². The van der Waals surface area contributed by atoms with Gasteiger partial charge in [-0.2, -0.15) is 0 Å². The first kappa shape index (κ1) is 19.7. The van der Waals surface area contributed by atoms with Crippen LogP contribution in [0.5, 0.6) is 0 Å². The second-order valence-electron chi connectivity index (χ2n) is 5.33. The van der Waals surface area contributed by atoms with Gasteiger partial charge in [0.2, 0.25) is 0 Å². The zero-order valence-electron chi connectivity index (χ0n) is 14.1. The zero-order chi connectivity index (χ0) is 15.8. The Balaban J connectivity index is 0.000000382. The summed E-state index contributed by atoms with van der Waals surface area (Å²) in [7, 11) is 1.37. The van der Waals surface area contributed by atoms with Crippen molar-refractivity contribution in [2.75, 3.05) is 7.11 Å². The molecule has 0 aliphatic rings. The number of hydrogen-bond donors (Lipinski definition) is 0. The Labute approximate surface area is 130 Å². The highest BCUT2D eigenvalue weighted by Crippen LogP contribution is 2.08. The summed E-state index contributed by atoms with van der Waals surface area (Å²) in [5.74, 6) is -0.291. The molecule has 1 aromatic carbocycles. The molecule has 1 aromatic rings. The molecule has 0 saturated carbocycles. The van der Waals surface area contributed by atoms with Gasteiger partial charge in [0.15, 0.2) is 0 Å². The molecule has 2 nitrogen and oxygen atoms in total. The lowest BCUT2D eigenvalue weighted by Crippen LogP contribution is -1.99. The third-order valence-electron chi connectivity index (χ3n) is 3.40. The second-order valence-corrected chi connectivity index (χ2v) is 5.33. The molecule has 0 unspecified atom stereocenters. The minimum atomic E-state index is -0.291. The van der Waals surface area contributed by atoms with Gasteiger partial charge in [0.1, 0.15) is 0 Å². The van der Waals surface area contributed by atoms with Crippen LogP contribution in [-0.2, 0) is 4.74 Å². The van der Waals surface area contributed by atoms with E-state index in [4.69, 9.17) is 0 Å². The summed E-state index contributed by atoms with van der Waals surface area (Å²) in [5.41, 5.74) is 0.588. The van der Waals surface area contributed by atoms with Crippen LogP contribution in [0.15, 0.2) is 30.3 Å². The van der Waals surface area contributed by atoms with Gasteiger partial charge in [0.05, 0.1) is 12.7 Å². The number of unbranched alkanes of at least 4 members (excludes halogenated alkanes) is 8. The van der Waals surface area contributed by atoms with Gasteiger partial charge in [0, 0.05) is 0 Å². The summed E-state index contributed by atoms with van der Waals surface area (Å²) in [6.45, 7) is 4.55. The van der Waals surface area contributed by atoms with E-state index in [9.17, 15) is 4.79 Å². The van der Waals surface area contributed by atoms with E-state index in [1.54, 1.807) is 24.3 Å². The molecule has 2 heteroatoms. The summed E-state index contributed by atoms with van der Waals surface area (Å²) >= 11 is 0. The van der Waals surface area contributed by atoms with Crippen LogP contribution in [-0.4, -0.2) is 13.1 Å². The standard InChI is InChI=1S/C11H24.C8H8O2/c1-3-5-7-9-11-10-8-6-4-2;1-10-8(9)7-5-3-2-4-6-7/h3-11H2,1-2H3;2-6H,1H3. The molecule has 0 spiro atoms. The Morgan fingerprint density at radius 3 is 1.62 bits per heavy atom. The average molecular weight is 292 g/mol. The van der Waals surface area contributed by atoms with Crippen molar-refractivity contribution in [3.8, 4) is 0 Å². The monoisotopic (exact) mass is 292 g/mol. The quantitative estimate of drug-likeness (QED) is 0.411. The van der Waals surface area contributed by atoms with Crippen LogP contribution in [0.1, 0.15) is 82.0 Å². The Hall–Kier alpha value is -1.31. The van der Waals surface area contributed by atoms with Gasteiger partial charge >= 0.3 is 5.97 Å². The first-order valence-electron chi connectivity index (χ1n) is 8.39. The van der Waals surface area contributed by atoms with E-state index in [0.29, 0.717) is 5.56 Å². The third kappa shape index (κ3) is 12.2. The lowest BCUT2D eigenvalue weighted by molar-refractivity contribution is 0.0600. The zero-order valence-corrected chi connectivity index (χ0v) is 14.1. The minimum Gasteiger partial charge on any atom is -0.465 e. The maximum absolute atomic E-state index is 10.8. The number of esters is 1. The van der Waals surface area contributed by atoms with E-state index in [1.165, 1.54) is 64.9 Å². The number of carbonyl (C=O) groups is 1. The molecule has 0 saturated heterocycles. The van der Waals surface area contributed by atoms with Gasteiger partial charge in [-0.05, 0) is 12.1 Å². The van der Waals surface area contributed by atoms with Crippen molar-refractivity contribution >= 4 is 5.97 Å². The van der Waals surface area contributed by atoms with Crippen LogP contribution in [0, 0.1) is 0 Å². The molecule has 120 valence electrons. The highest BCUT2D eigenvalue weighted by Gasteiger charge is 2.00. The lowest BCUT2D eigenvalue weighted by Gasteiger charge is -1.98. The van der Waals surface area contributed by atoms with E-state index in [-0.39, 0.29) is 5.97 Å². The van der Waals surface area contributed by atoms with Crippen molar-refractivity contribution in [1.82, 2.24) is 0 Å². The molecule has 0 aliphatic carbocycles. The van der Waals surface area contributed by atoms with Crippen molar-refractivity contribution in [2.45, 2.75) is 71.6 Å². The summed E-state index contributed by atoms with van der Waals surface area (Å²) < 4.78 is 4.50. The number of rotatable bonds is 9. The maximum Gasteiger partial charge on any atom is 0.337 e. The van der Waals surface area contributed by atoms with E-state index in [1.807, 2.05) is 6.07 Å². The summed E-state index contributed by atoms with van der Waals surface area (Å²) in [6.07, 6.45) is 13.0. The van der Waals surface area contributed by atoms with Crippen molar-refractivity contribution in [3.63, 3.8) is 0 Å². The Morgan fingerprint density at radius 2 is 1.24 bits per heavy atom. The highest BCUT2D eigenvalue weighted by atomic mass is 16.5. The third-order valence-corrected chi connectivity index (χ3v) is 3.40. The normalized spacial score (nSPS) is 9.67. The molecule has 0 aliphatic heterocycles. The van der Waals surface area contributed by atoms with Gasteiger partial charge in [-0.1, -0.05) is 89.8 Å². The molecule has 1 rings (SSSR count). The fraction of sp³-hybridized carbons (Fsp3) is 0.632. The first-order chi connectivity index (χ1) is 10.3. The fourth-order valence-electron chi connectivity index (χ4n) is 2.08. The molecule has 0 fully saturated rings. The predicted octanol–water partition coefficient (Wildman–Crippen LogP) is 6.01.